The van der Waals surface area contributed by atoms with Gasteiger partial charge >= 0.3 is 0 Å². The molecule has 3 nitrogen and oxygen atoms in total. The molecule has 1 heterocycles. The van der Waals surface area contributed by atoms with Gasteiger partial charge in [-0.05, 0) is 55.7 Å². The molecule has 1 saturated carbocycles. The van der Waals surface area contributed by atoms with Crippen molar-refractivity contribution in [3.05, 3.63) is 23.3 Å². The lowest BCUT2D eigenvalue weighted by molar-refractivity contribution is 0.234. The smallest absolute Gasteiger partial charge is 0.123 e. The fraction of sp³-hybridized carbons (Fsp3) is 0.684. The summed E-state index contributed by atoms with van der Waals surface area (Å²) in [6.07, 6.45) is 4.16. The molecule has 1 aliphatic carbocycles. The van der Waals surface area contributed by atoms with Crippen LogP contribution in [0.4, 0.5) is 0 Å². The van der Waals surface area contributed by atoms with Crippen molar-refractivity contribution in [2.75, 3.05) is 0 Å². The first-order valence-electron chi connectivity index (χ1n) is 8.60. The highest BCUT2D eigenvalue weighted by molar-refractivity contribution is 5.51. The molecule has 122 valence electrons. The summed E-state index contributed by atoms with van der Waals surface area (Å²) in [6.45, 7) is 8.70. The van der Waals surface area contributed by atoms with Crippen molar-refractivity contribution in [3.63, 3.8) is 0 Å². The van der Waals surface area contributed by atoms with E-state index in [1.54, 1.807) is 0 Å². The van der Waals surface area contributed by atoms with Crippen molar-refractivity contribution in [1.29, 1.82) is 0 Å². The number of phenols is 2. The van der Waals surface area contributed by atoms with E-state index in [4.69, 9.17) is 4.74 Å². The molecule has 0 bridgehead atoms. The van der Waals surface area contributed by atoms with Gasteiger partial charge in [0.05, 0.1) is 11.7 Å². The van der Waals surface area contributed by atoms with E-state index in [0.717, 1.165) is 31.2 Å². The van der Waals surface area contributed by atoms with Crippen LogP contribution in [0.5, 0.6) is 11.5 Å². The van der Waals surface area contributed by atoms with E-state index >= 15 is 0 Å². The second-order valence-corrected chi connectivity index (χ2v) is 7.62. The first-order chi connectivity index (χ1) is 10.4. The standard InChI is InChI=1S/C19H28O3/c1-5-6-12-9-14(20)17(15(21)10-12)16-13(11(2)3)7-8-19(4)18(16)22-19/h9-11,13,16,18,20-21H,5-8H2,1-4H3. The van der Waals surface area contributed by atoms with Crippen molar-refractivity contribution >= 4 is 0 Å². The second-order valence-electron chi connectivity index (χ2n) is 7.62. The summed E-state index contributed by atoms with van der Waals surface area (Å²) in [7, 11) is 0. The molecule has 2 N–H and O–H groups in total. The first kappa shape index (κ1) is 15.7. The van der Waals surface area contributed by atoms with Gasteiger partial charge in [0.25, 0.3) is 0 Å². The molecule has 22 heavy (non-hydrogen) atoms. The molecule has 2 fully saturated rings. The predicted octanol–water partition coefficient (Wildman–Crippen LogP) is 4.36. The number of phenolic OH excluding ortho intramolecular Hbond substituents is 2. The maximum absolute atomic E-state index is 10.6. The molecular weight excluding hydrogens is 276 g/mol. The molecule has 1 saturated heterocycles. The van der Waals surface area contributed by atoms with Gasteiger partial charge in [-0.2, -0.15) is 0 Å². The average Bonchev–Trinajstić information content (AvgIpc) is 3.10. The van der Waals surface area contributed by atoms with Crippen molar-refractivity contribution in [2.45, 2.75) is 71.0 Å². The van der Waals surface area contributed by atoms with Crippen LogP contribution in [0.25, 0.3) is 0 Å². The van der Waals surface area contributed by atoms with E-state index < -0.39 is 0 Å². The van der Waals surface area contributed by atoms with E-state index in [1.807, 2.05) is 12.1 Å². The fourth-order valence-corrected chi connectivity index (χ4v) is 4.34. The number of benzene rings is 1. The summed E-state index contributed by atoms with van der Waals surface area (Å²) in [6, 6.07) is 3.65. The highest BCUT2D eigenvalue weighted by Gasteiger charge is 2.62. The first-order valence-corrected chi connectivity index (χ1v) is 8.60. The molecule has 3 heteroatoms. The lowest BCUT2D eigenvalue weighted by Crippen LogP contribution is -2.32. The Kier molecular flexibility index (Phi) is 3.88. The van der Waals surface area contributed by atoms with E-state index in [1.165, 1.54) is 0 Å². The van der Waals surface area contributed by atoms with Crippen molar-refractivity contribution < 1.29 is 14.9 Å². The fourth-order valence-electron chi connectivity index (χ4n) is 4.34. The summed E-state index contributed by atoms with van der Waals surface area (Å²) < 4.78 is 5.98. The van der Waals surface area contributed by atoms with Gasteiger partial charge in [0.2, 0.25) is 0 Å². The Morgan fingerprint density at radius 2 is 1.91 bits per heavy atom. The molecule has 0 radical (unpaired) electrons. The predicted molar refractivity (Wildman–Crippen MR) is 87.3 cm³/mol. The molecule has 4 atom stereocenters. The number of aryl methyl sites for hydroxylation is 1. The Bertz CT molecular complexity index is 543. The molecule has 0 aromatic heterocycles. The molecule has 1 aromatic carbocycles. The van der Waals surface area contributed by atoms with Gasteiger partial charge < -0.3 is 14.9 Å². The lowest BCUT2D eigenvalue weighted by Gasteiger charge is -2.35. The second kappa shape index (κ2) is 5.45. The van der Waals surface area contributed by atoms with Gasteiger partial charge in [-0.15, -0.1) is 0 Å². The van der Waals surface area contributed by atoms with E-state index in [9.17, 15) is 10.2 Å². The number of rotatable bonds is 4. The topological polar surface area (TPSA) is 53.0 Å². The van der Waals surface area contributed by atoms with E-state index in [0.29, 0.717) is 17.4 Å². The maximum Gasteiger partial charge on any atom is 0.123 e. The van der Waals surface area contributed by atoms with Crippen molar-refractivity contribution in [2.24, 2.45) is 11.8 Å². The number of ether oxygens (including phenoxy) is 1. The van der Waals surface area contributed by atoms with Crippen LogP contribution in [0.15, 0.2) is 12.1 Å². The summed E-state index contributed by atoms with van der Waals surface area (Å²) >= 11 is 0. The largest absolute Gasteiger partial charge is 0.508 e. The zero-order valence-corrected chi connectivity index (χ0v) is 14.1. The Morgan fingerprint density at radius 1 is 1.27 bits per heavy atom. The van der Waals surface area contributed by atoms with Gasteiger partial charge in [0.15, 0.2) is 0 Å². The number of fused-ring (bicyclic) bond motifs is 1. The molecular formula is C19H28O3. The van der Waals surface area contributed by atoms with Crippen LogP contribution < -0.4 is 0 Å². The number of aromatic hydroxyl groups is 2. The molecule has 1 aromatic rings. The SMILES string of the molecule is CCCc1cc(O)c(C2C(C(C)C)CCC3(C)OC23)c(O)c1. The van der Waals surface area contributed by atoms with Crippen LogP contribution in [0.2, 0.25) is 0 Å². The third-order valence-electron chi connectivity index (χ3n) is 5.63. The molecule has 1 aliphatic heterocycles. The summed E-state index contributed by atoms with van der Waals surface area (Å²) in [5.74, 6) is 1.51. The van der Waals surface area contributed by atoms with Crippen molar-refractivity contribution in [1.82, 2.24) is 0 Å². The summed E-state index contributed by atoms with van der Waals surface area (Å²) in [4.78, 5) is 0. The van der Waals surface area contributed by atoms with Crippen LogP contribution >= 0.6 is 0 Å². The van der Waals surface area contributed by atoms with E-state index in [2.05, 4.69) is 27.7 Å². The van der Waals surface area contributed by atoms with Gasteiger partial charge in [0, 0.05) is 11.5 Å². The van der Waals surface area contributed by atoms with Gasteiger partial charge in [-0.3, -0.25) is 0 Å². The Hall–Kier alpha value is -1.22. The highest BCUT2D eigenvalue weighted by atomic mass is 16.6. The number of hydrogen-bond acceptors (Lipinski definition) is 3. The van der Waals surface area contributed by atoms with Gasteiger partial charge in [-0.25, -0.2) is 0 Å². The van der Waals surface area contributed by atoms with Gasteiger partial charge in [-0.1, -0.05) is 27.2 Å². The van der Waals surface area contributed by atoms with Crippen LogP contribution in [0.1, 0.15) is 64.0 Å². The number of hydrogen-bond donors (Lipinski definition) is 2. The van der Waals surface area contributed by atoms with Gasteiger partial charge in [0.1, 0.15) is 11.5 Å². The minimum Gasteiger partial charge on any atom is -0.508 e. The van der Waals surface area contributed by atoms with Crippen LogP contribution in [-0.2, 0) is 11.2 Å². The molecule has 0 spiro atoms. The zero-order valence-electron chi connectivity index (χ0n) is 14.1. The van der Waals surface area contributed by atoms with Crippen LogP contribution in [-0.4, -0.2) is 21.9 Å². The average molecular weight is 304 g/mol. The quantitative estimate of drug-likeness (QED) is 0.813. The minimum atomic E-state index is -0.0585. The zero-order chi connectivity index (χ0) is 16.1. The van der Waals surface area contributed by atoms with Crippen LogP contribution in [0, 0.1) is 11.8 Å². The monoisotopic (exact) mass is 304 g/mol. The third-order valence-corrected chi connectivity index (χ3v) is 5.63. The maximum atomic E-state index is 10.6. The molecule has 4 unspecified atom stereocenters. The normalized spacial score (nSPS) is 33.8. The Labute approximate surface area is 133 Å². The van der Waals surface area contributed by atoms with E-state index in [-0.39, 0.29) is 29.1 Å². The molecule has 3 rings (SSSR count). The molecule has 0 amide bonds. The Morgan fingerprint density at radius 3 is 2.45 bits per heavy atom. The third kappa shape index (κ3) is 2.50. The molecule has 2 aliphatic rings. The number of epoxide rings is 1. The summed E-state index contributed by atoms with van der Waals surface area (Å²) in [5, 5.41) is 21.1. The lowest BCUT2D eigenvalue weighted by atomic mass is 9.67. The highest BCUT2D eigenvalue weighted by Crippen LogP contribution is 2.60. The van der Waals surface area contributed by atoms with Crippen LogP contribution in [0.3, 0.4) is 0 Å². The summed E-state index contributed by atoms with van der Waals surface area (Å²) in [5.41, 5.74) is 1.64. The van der Waals surface area contributed by atoms with Crippen molar-refractivity contribution in [3.8, 4) is 11.5 Å². The Balaban J connectivity index is 2.00. The minimum absolute atomic E-state index is 0.0585.